The molecule has 1 aromatic carbocycles. The first-order valence-electron chi connectivity index (χ1n) is 5.88. The molecule has 0 amide bonds. The molecule has 88 valence electrons. The van der Waals surface area contributed by atoms with E-state index in [2.05, 4.69) is 15.5 Å². The van der Waals surface area contributed by atoms with Gasteiger partial charge < -0.3 is 5.32 Å². The van der Waals surface area contributed by atoms with Crippen LogP contribution in [-0.4, -0.2) is 23.3 Å². The number of rotatable bonds is 1. The molecule has 2 aromatic rings. The molecule has 4 heteroatoms. The summed E-state index contributed by atoms with van der Waals surface area (Å²) in [5.41, 5.74) is 4.58. The Labute approximate surface area is 105 Å². The topological polar surface area (TPSA) is 40.7 Å². The van der Waals surface area contributed by atoms with Gasteiger partial charge in [0.1, 0.15) is 0 Å². The maximum atomic E-state index is 6.23. The second kappa shape index (κ2) is 4.51. The van der Waals surface area contributed by atoms with Crippen molar-refractivity contribution in [3.05, 3.63) is 40.5 Å². The zero-order valence-electron chi connectivity index (χ0n) is 9.46. The van der Waals surface area contributed by atoms with Gasteiger partial charge in [-0.1, -0.05) is 29.8 Å². The van der Waals surface area contributed by atoms with E-state index in [1.165, 1.54) is 11.3 Å². The van der Waals surface area contributed by atoms with Crippen LogP contribution in [0.1, 0.15) is 11.3 Å². The fourth-order valence-corrected chi connectivity index (χ4v) is 2.53. The molecule has 1 aliphatic rings. The molecule has 2 heterocycles. The summed E-state index contributed by atoms with van der Waals surface area (Å²) in [6, 6.07) is 7.87. The van der Waals surface area contributed by atoms with E-state index in [-0.39, 0.29) is 0 Å². The van der Waals surface area contributed by atoms with E-state index in [1.54, 1.807) is 0 Å². The number of hydrogen-bond acceptors (Lipinski definition) is 2. The quantitative estimate of drug-likeness (QED) is 0.813. The molecule has 0 aliphatic carbocycles. The van der Waals surface area contributed by atoms with Gasteiger partial charge in [0.25, 0.3) is 0 Å². The zero-order valence-corrected chi connectivity index (χ0v) is 10.2. The van der Waals surface area contributed by atoms with Crippen LogP contribution in [0, 0.1) is 0 Å². The Morgan fingerprint density at radius 1 is 1.12 bits per heavy atom. The minimum absolute atomic E-state index is 0.763. The average Bonchev–Trinajstić information content (AvgIpc) is 2.59. The van der Waals surface area contributed by atoms with Gasteiger partial charge in [0.05, 0.1) is 10.7 Å². The van der Waals surface area contributed by atoms with Crippen LogP contribution in [0.5, 0.6) is 0 Å². The third-order valence-corrected chi connectivity index (χ3v) is 3.51. The second-order valence-corrected chi connectivity index (χ2v) is 4.67. The van der Waals surface area contributed by atoms with Crippen LogP contribution in [0.4, 0.5) is 0 Å². The first-order chi connectivity index (χ1) is 8.36. The van der Waals surface area contributed by atoms with Gasteiger partial charge in [-0.2, -0.15) is 5.10 Å². The van der Waals surface area contributed by atoms with Crippen molar-refractivity contribution in [1.29, 1.82) is 0 Å². The Morgan fingerprint density at radius 2 is 1.94 bits per heavy atom. The first-order valence-corrected chi connectivity index (χ1v) is 6.26. The Morgan fingerprint density at radius 3 is 2.82 bits per heavy atom. The summed E-state index contributed by atoms with van der Waals surface area (Å²) in [4.78, 5) is 0. The molecule has 0 unspecified atom stereocenters. The van der Waals surface area contributed by atoms with E-state index in [0.29, 0.717) is 0 Å². The molecule has 0 spiro atoms. The van der Waals surface area contributed by atoms with Crippen LogP contribution >= 0.6 is 11.6 Å². The molecule has 3 nitrogen and oxygen atoms in total. The van der Waals surface area contributed by atoms with Crippen LogP contribution in [0.2, 0.25) is 5.02 Å². The number of halogens is 1. The lowest BCUT2D eigenvalue weighted by Gasteiger charge is -2.04. The highest BCUT2D eigenvalue weighted by atomic mass is 35.5. The molecule has 3 rings (SSSR count). The van der Waals surface area contributed by atoms with Crippen LogP contribution < -0.4 is 5.32 Å². The van der Waals surface area contributed by atoms with Crippen molar-refractivity contribution in [1.82, 2.24) is 15.5 Å². The molecule has 0 saturated carbocycles. The molecule has 0 fully saturated rings. The fraction of sp³-hybridized carbons (Fsp3) is 0.308. The molecular weight excluding hydrogens is 234 g/mol. The average molecular weight is 248 g/mol. The summed E-state index contributed by atoms with van der Waals surface area (Å²) in [5.74, 6) is 0. The van der Waals surface area contributed by atoms with E-state index in [1.807, 2.05) is 24.3 Å². The third kappa shape index (κ3) is 1.96. The van der Waals surface area contributed by atoms with Crippen LogP contribution in [-0.2, 0) is 12.8 Å². The molecule has 17 heavy (non-hydrogen) atoms. The van der Waals surface area contributed by atoms with E-state index < -0.39 is 0 Å². The van der Waals surface area contributed by atoms with E-state index in [0.717, 1.165) is 42.2 Å². The van der Waals surface area contributed by atoms with Crippen molar-refractivity contribution in [2.24, 2.45) is 0 Å². The monoisotopic (exact) mass is 247 g/mol. The van der Waals surface area contributed by atoms with Gasteiger partial charge in [-0.3, -0.25) is 5.10 Å². The smallest absolute Gasteiger partial charge is 0.0970 e. The third-order valence-electron chi connectivity index (χ3n) is 3.19. The van der Waals surface area contributed by atoms with E-state index >= 15 is 0 Å². The van der Waals surface area contributed by atoms with E-state index in [4.69, 9.17) is 11.6 Å². The van der Waals surface area contributed by atoms with Gasteiger partial charge >= 0.3 is 0 Å². The summed E-state index contributed by atoms with van der Waals surface area (Å²) >= 11 is 6.23. The number of H-pyrrole nitrogens is 1. The van der Waals surface area contributed by atoms with Crippen LogP contribution in [0.3, 0.4) is 0 Å². The van der Waals surface area contributed by atoms with Gasteiger partial charge in [0.15, 0.2) is 0 Å². The molecule has 1 aromatic heterocycles. The number of hydrogen-bond donors (Lipinski definition) is 2. The van der Waals surface area contributed by atoms with Crippen molar-refractivity contribution in [2.75, 3.05) is 13.1 Å². The molecule has 0 radical (unpaired) electrons. The van der Waals surface area contributed by atoms with E-state index in [9.17, 15) is 0 Å². The summed E-state index contributed by atoms with van der Waals surface area (Å²) in [7, 11) is 0. The largest absolute Gasteiger partial charge is 0.316 e. The Hall–Kier alpha value is -1.32. The highest BCUT2D eigenvalue weighted by molar-refractivity contribution is 6.33. The number of aromatic nitrogens is 2. The maximum absolute atomic E-state index is 6.23. The predicted octanol–water partition coefficient (Wildman–Crippen LogP) is 2.42. The Balaban J connectivity index is 2.10. The molecule has 1 aliphatic heterocycles. The second-order valence-electron chi connectivity index (χ2n) is 4.26. The number of benzene rings is 1. The predicted molar refractivity (Wildman–Crippen MR) is 69.3 cm³/mol. The molecule has 0 saturated heterocycles. The standard InChI is InChI=1S/C13H14ClN3/c14-11-4-2-1-3-9(11)13-10-5-7-15-8-6-12(10)16-17-13/h1-4,15H,5-8H2,(H,16,17). The van der Waals surface area contributed by atoms with Crippen LogP contribution in [0.15, 0.2) is 24.3 Å². The van der Waals surface area contributed by atoms with Gasteiger partial charge in [0.2, 0.25) is 0 Å². The number of nitrogens with one attached hydrogen (secondary N) is 2. The van der Waals surface area contributed by atoms with Crippen molar-refractivity contribution in [3.63, 3.8) is 0 Å². The van der Waals surface area contributed by atoms with Crippen molar-refractivity contribution in [2.45, 2.75) is 12.8 Å². The fourth-order valence-electron chi connectivity index (χ4n) is 2.31. The Bertz CT molecular complexity index is 533. The van der Waals surface area contributed by atoms with Gasteiger partial charge in [-0.15, -0.1) is 0 Å². The minimum Gasteiger partial charge on any atom is -0.316 e. The van der Waals surface area contributed by atoms with Crippen molar-refractivity contribution >= 4 is 11.6 Å². The highest BCUT2D eigenvalue weighted by Gasteiger charge is 2.17. The molecule has 2 N–H and O–H groups in total. The van der Waals surface area contributed by atoms with Gasteiger partial charge in [0, 0.05) is 29.8 Å². The summed E-state index contributed by atoms with van der Waals surface area (Å²) < 4.78 is 0. The molecular formula is C13H14ClN3. The lowest BCUT2D eigenvalue weighted by Crippen LogP contribution is -2.16. The summed E-state index contributed by atoms with van der Waals surface area (Å²) in [6.45, 7) is 2.02. The minimum atomic E-state index is 0.763. The van der Waals surface area contributed by atoms with Crippen molar-refractivity contribution < 1.29 is 0 Å². The maximum Gasteiger partial charge on any atom is 0.0970 e. The van der Waals surface area contributed by atoms with Gasteiger partial charge in [-0.05, 0) is 19.0 Å². The SMILES string of the molecule is Clc1ccccc1-c1n[nH]c2c1CCNCC2. The van der Waals surface area contributed by atoms with Crippen molar-refractivity contribution in [3.8, 4) is 11.3 Å². The molecule has 0 atom stereocenters. The number of nitrogens with zero attached hydrogens (tertiary/aromatic N) is 1. The first kappa shape index (κ1) is 10.8. The normalized spacial score (nSPS) is 15.4. The number of fused-ring (bicyclic) bond motifs is 1. The zero-order chi connectivity index (χ0) is 11.7. The lowest BCUT2D eigenvalue weighted by atomic mass is 10.0. The highest BCUT2D eigenvalue weighted by Crippen LogP contribution is 2.30. The van der Waals surface area contributed by atoms with Gasteiger partial charge in [-0.25, -0.2) is 0 Å². The number of aromatic amines is 1. The summed E-state index contributed by atoms with van der Waals surface area (Å²) in [6.07, 6.45) is 2.01. The lowest BCUT2D eigenvalue weighted by molar-refractivity contribution is 0.703. The van der Waals surface area contributed by atoms with Crippen LogP contribution in [0.25, 0.3) is 11.3 Å². The molecule has 0 bridgehead atoms. The Kier molecular flexibility index (Phi) is 2.87. The summed E-state index contributed by atoms with van der Waals surface area (Å²) in [5, 5.41) is 11.7.